The highest BCUT2D eigenvalue weighted by atomic mass is 19.1. The monoisotopic (exact) mass is 365 g/mol. The molecule has 7 heteroatoms. The summed E-state index contributed by atoms with van der Waals surface area (Å²) < 4.78 is 13.6. The molecule has 0 saturated carbocycles. The van der Waals surface area contributed by atoms with E-state index in [0.29, 0.717) is 17.1 Å². The van der Waals surface area contributed by atoms with Gasteiger partial charge in [0.25, 0.3) is 5.91 Å². The number of halogens is 1. The highest BCUT2D eigenvalue weighted by Crippen LogP contribution is 2.16. The zero-order valence-electron chi connectivity index (χ0n) is 15.1. The number of hydrogen-bond acceptors (Lipinski definition) is 5. The van der Waals surface area contributed by atoms with E-state index in [2.05, 4.69) is 20.6 Å². The summed E-state index contributed by atoms with van der Waals surface area (Å²) in [5.74, 6) is -0.167. The lowest BCUT2D eigenvalue weighted by Crippen LogP contribution is -2.15. The van der Waals surface area contributed by atoms with Crippen LogP contribution in [0.15, 0.2) is 60.9 Å². The first-order chi connectivity index (χ1) is 13.0. The van der Waals surface area contributed by atoms with Gasteiger partial charge in [0.05, 0.1) is 12.4 Å². The molecule has 3 rings (SSSR count). The second-order valence-electron chi connectivity index (χ2n) is 6.13. The molecule has 1 heterocycles. The highest BCUT2D eigenvalue weighted by molar-refractivity contribution is 6.02. The van der Waals surface area contributed by atoms with E-state index >= 15 is 0 Å². The number of amides is 1. The molecule has 6 nitrogen and oxygen atoms in total. The molecule has 0 fully saturated rings. The zero-order chi connectivity index (χ0) is 19.2. The smallest absolute Gasteiger partial charge is 0.275 e. The van der Waals surface area contributed by atoms with Gasteiger partial charge < -0.3 is 15.5 Å². The molecule has 0 atom stereocenters. The quantitative estimate of drug-likeness (QED) is 0.699. The maximum Gasteiger partial charge on any atom is 0.275 e. The third-order valence-corrected chi connectivity index (χ3v) is 3.94. The number of benzene rings is 2. The molecule has 0 spiro atoms. The molecule has 0 aliphatic heterocycles. The van der Waals surface area contributed by atoms with Gasteiger partial charge >= 0.3 is 0 Å². The summed E-state index contributed by atoms with van der Waals surface area (Å²) in [7, 11) is 3.90. The molecule has 0 bridgehead atoms. The lowest BCUT2D eigenvalue weighted by molar-refractivity contribution is 0.102. The second-order valence-corrected chi connectivity index (χ2v) is 6.13. The van der Waals surface area contributed by atoms with Crippen molar-refractivity contribution in [2.75, 3.05) is 29.6 Å². The Hall–Kier alpha value is -3.48. The Bertz CT molecular complexity index is 910. The van der Waals surface area contributed by atoms with Gasteiger partial charge in [-0.2, -0.15) is 0 Å². The molecule has 2 N–H and O–H groups in total. The van der Waals surface area contributed by atoms with Crippen molar-refractivity contribution in [1.29, 1.82) is 0 Å². The van der Waals surface area contributed by atoms with Crippen LogP contribution in [0.5, 0.6) is 0 Å². The Labute approximate surface area is 157 Å². The molecule has 0 aliphatic carbocycles. The summed E-state index contributed by atoms with van der Waals surface area (Å²) in [5, 5.41) is 5.76. The normalized spacial score (nSPS) is 10.3. The Morgan fingerprint density at radius 1 is 1.04 bits per heavy atom. The van der Waals surface area contributed by atoms with Crippen LogP contribution in [0.2, 0.25) is 0 Å². The Morgan fingerprint density at radius 3 is 2.41 bits per heavy atom. The molecule has 27 heavy (non-hydrogen) atoms. The molecule has 0 radical (unpaired) electrons. The van der Waals surface area contributed by atoms with E-state index in [1.54, 1.807) is 18.2 Å². The van der Waals surface area contributed by atoms with Crippen LogP contribution < -0.4 is 15.5 Å². The summed E-state index contributed by atoms with van der Waals surface area (Å²) in [4.78, 5) is 22.5. The Balaban J connectivity index is 1.59. The Morgan fingerprint density at radius 2 is 1.78 bits per heavy atom. The number of nitrogens with one attached hydrogen (secondary N) is 2. The first-order valence-corrected chi connectivity index (χ1v) is 8.41. The first kappa shape index (κ1) is 18.3. The lowest BCUT2D eigenvalue weighted by Gasteiger charge is -2.13. The minimum absolute atomic E-state index is 0.197. The number of carbonyl (C=O) groups is 1. The number of carbonyl (C=O) groups excluding carboxylic acids is 1. The summed E-state index contributed by atoms with van der Waals surface area (Å²) in [5.41, 5.74) is 2.44. The predicted molar refractivity (Wildman–Crippen MR) is 104 cm³/mol. The molecule has 0 saturated heterocycles. The zero-order valence-corrected chi connectivity index (χ0v) is 15.1. The van der Waals surface area contributed by atoms with Crippen molar-refractivity contribution in [1.82, 2.24) is 9.97 Å². The average Bonchev–Trinajstić information content (AvgIpc) is 2.68. The average molecular weight is 365 g/mol. The number of anilines is 3. The van der Waals surface area contributed by atoms with Crippen molar-refractivity contribution >= 4 is 23.1 Å². The van der Waals surface area contributed by atoms with Crippen LogP contribution in [0.25, 0.3) is 0 Å². The van der Waals surface area contributed by atoms with Crippen LogP contribution in [-0.2, 0) is 6.54 Å². The fourth-order valence-corrected chi connectivity index (χ4v) is 2.40. The molecule has 0 aliphatic rings. The van der Waals surface area contributed by atoms with Gasteiger partial charge in [0.1, 0.15) is 17.3 Å². The first-order valence-electron chi connectivity index (χ1n) is 8.41. The van der Waals surface area contributed by atoms with Crippen molar-refractivity contribution in [2.45, 2.75) is 6.54 Å². The van der Waals surface area contributed by atoms with Crippen LogP contribution >= 0.6 is 0 Å². The molecule has 1 amide bonds. The SMILES string of the molecule is CN(C)c1ccc(NC(=O)c2cnc(NCc3ccccc3F)cn2)cc1. The molecule has 2 aromatic carbocycles. The van der Waals surface area contributed by atoms with Crippen molar-refractivity contribution < 1.29 is 9.18 Å². The van der Waals surface area contributed by atoms with Crippen LogP contribution in [0, 0.1) is 5.82 Å². The summed E-state index contributed by atoms with van der Waals surface area (Å²) in [6.45, 7) is 0.283. The molecule has 138 valence electrons. The van der Waals surface area contributed by atoms with Crippen LogP contribution in [0.1, 0.15) is 16.1 Å². The third kappa shape index (κ3) is 4.78. The van der Waals surface area contributed by atoms with Crippen molar-refractivity contribution in [3.8, 4) is 0 Å². The summed E-state index contributed by atoms with van der Waals surface area (Å²) >= 11 is 0. The maximum absolute atomic E-state index is 13.6. The van der Waals surface area contributed by atoms with Gasteiger partial charge in [-0.3, -0.25) is 4.79 Å². The van der Waals surface area contributed by atoms with Gasteiger partial charge in [-0.15, -0.1) is 0 Å². The van der Waals surface area contributed by atoms with Crippen LogP contribution in [0.3, 0.4) is 0 Å². The highest BCUT2D eigenvalue weighted by Gasteiger charge is 2.09. The molecule has 3 aromatic rings. The number of nitrogens with zero attached hydrogens (tertiary/aromatic N) is 3. The van der Waals surface area contributed by atoms with E-state index < -0.39 is 0 Å². The fourth-order valence-electron chi connectivity index (χ4n) is 2.40. The van der Waals surface area contributed by atoms with E-state index in [4.69, 9.17) is 0 Å². The van der Waals surface area contributed by atoms with E-state index in [1.165, 1.54) is 18.5 Å². The topological polar surface area (TPSA) is 70.2 Å². The van der Waals surface area contributed by atoms with Gasteiger partial charge in [0.2, 0.25) is 0 Å². The number of rotatable bonds is 6. The van der Waals surface area contributed by atoms with Gasteiger partial charge in [-0.1, -0.05) is 18.2 Å². The van der Waals surface area contributed by atoms with E-state index in [-0.39, 0.29) is 24.0 Å². The van der Waals surface area contributed by atoms with Crippen molar-refractivity contribution in [3.63, 3.8) is 0 Å². The van der Waals surface area contributed by atoms with E-state index in [9.17, 15) is 9.18 Å². The summed E-state index contributed by atoms with van der Waals surface area (Å²) in [6.07, 6.45) is 2.83. The van der Waals surface area contributed by atoms with Gasteiger partial charge in [0, 0.05) is 37.6 Å². The van der Waals surface area contributed by atoms with Gasteiger partial charge in [-0.25, -0.2) is 14.4 Å². The summed E-state index contributed by atoms with van der Waals surface area (Å²) in [6, 6.07) is 14.0. The fraction of sp³-hybridized carbons (Fsp3) is 0.150. The molecule has 0 unspecified atom stereocenters. The second kappa shape index (κ2) is 8.27. The minimum atomic E-state index is -0.347. The van der Waals surface area contributed by atoms with Crippen LogP contribution in [0.4, 0.5) is 21.6 Å². The van der Waals surface area contributed by atoms with E-state index in [1.807, 2.05) is 43.3 Å². The minimum Gasteiger partial charge on any atom is -0.378 e. The van der Waals surface area contributed by atoms with Crippen LogP contribution in [-0.4, -0.2) is 30.0 Å². The van der Waals surface area contributed by atoms with Gasteiger partial charge in [0.15, 0.2) is 0 Å². The lowest BCUT2D eigenvalue weighted by atomic mass is 10.2. The Kier molecular flexibility index (Phi) is 5.61. The molecular formula is C20H20FN5O. The standard InChI is InChI=1S/C20H20FN5O/c1-26(2)16-9-7-15(8-10-16)25-20(27)18-12-24-19(13-22-18)23-11-14-5-3-4-6-17(14)21/h3-10,12-13H,11H2,1-2H3,(H,23,24)(H,25,27). The van der Waals surface area contributed by atoms with Gasteiger partial charge in [-0.05, 0) is 30.3 Å². The van der Waals surface area contributed by atoms with Crippen molar-refractivity contribution in [3.05, 3.63) is 78.0 Å². The number of aromatic nitrogens is 2. The van der Waals surface area contributed by atoms with E-state index in [0.717, 1.165) is 5.69 Å². The molecular weight excluding hydrogens is 345 g/mol. The largest absolute Gasteiger partial charge is 0.378 e. The predicted octanol–water partition coefficient (Wildman–Crippen LogP) is 3.55. The van der Waals surface area contributed by atoms with Crippen molar-refractivity contribution in [2.24, 2.45) is 0 Å². The number of hydrogen-bond donors (Lipinski definition) is 2. The maximum atomic E-state index is 13.6. The molecule has 1 aromatic heterocycles. The third-order valence-electron chi connectivity index (χ3n) is 3.94.